The van der Waals surface area contributed by atoms with Crippen molar-refractivity contribution in [3.05, 3.63) is 64.8 Å². The molecule has 3 aliphatic carbocycles. The van der Waals surface area contributed by atoms with Crippen LogP contribution >= 0.6 is 0 Å². The number of pyridine rings is 1. The predicted octanol–water partition coefficient (Wildman–Crippen LogP) is 6.20. The maximum atomic E-state index is 4.78. The molecule has 2 unspecified atom stereocenters. The van der Waals surface area contributed by atoms with Gasteiger partial charge in [-0.2, -0.15) is 0 Å². The second-order valence-corrected chi connectivity index (χ2v) is 8.82. The second kappa shape index (κ2) is 4.94. The van der Waals surface area contributed by atoms with Crippen LogP contribution in [0, 0.1) is 25.2 Å². The summed E-state index contributed by atoms with van der Waals surface area (Å²) in [6, 6.07) is 13.8. The fraction of sp³-hybridized carbons (Fsp3) is 0.375. The van der Waals surface area contributed by atoms with Crippen LogP contribution in [-0.4, -0.2) is 4.98 Å². The van der Waals surface area contributed by atoms with Crippen molar-refractivity contribution in [2.45, 2.75) is 46.5 Å². The minimum absolute atomic E-state index is 0.461. The molecule has 0 amide bonds. The van der Waals surface area contributed by atoms with Gasteiger partial charge in [0, 0.05) is 17.1 Å². The van der Waals surface area contributed by atoms with E-state index in [9.17, 15) is 0 Å². The molecule has 1 aromatic heterocycles. The topological polar surface area (TPSA) is 12.9 Å². The molecule has 1 heterocycles. The van der Waals surface area contributed by atoms with Gasteiger partial charge in [-0.1, -0.05) is 37.1 Å². The Morgan fingerprint density at radius 2 is 1.76 bits per heavy atom. The molecule has 0 radical (unpaired) electrons. The minimum Gasteiger partial charge on any atom is -0.256 e. The number of fused-ring (bicyclic) bond motifs is 1. The molecule has 1 nitrogen and oxygen atoms in total. The third kappa shape index (κ3) is 2.11. The zero-order valence-electron chi connectivity index (χ0n) is 15.6. The van der Waals surface area contributed by atoms with Gasteiger partial charge in [-0.25, -0.2) is 0 Å². The summed E-state index contributed by atoms with van der Waals surface area (Å²) < 4.78 is 0. The van der Waals surface area contributed by atoms with Crippen LogP contribution in [0.4, 0.5) is 0 Å². The fourth-order valence-corrected chi connectivity index (χ4v) is 5.28. The highest BCUT2D eigenvalue weighted by atomic mass is 14.7. The van der Waals surface area contributed by atoms with Crippen LogP contribution in [-0.2, 0) is 6.42 Å². The van der Waals surface area contributed by atoms with E-state index in [-0.39, 0.29) is 0 Å². The largest absolute Gasteiger partial charge is 0.256 e. The molecular formula is C24H25N. The maximum absolute atomic E-state index is 4.78. The van der Waals surface area contributed by atoms with E-state index < -0.39 is 0 Å². The summed E-state index contributed by atoms with van der Waals surface area (Å²) in [5.74, 6) is 1.58. The van der Waals surface area contributed by atoms with Crippen molar-refractivity contribution in [2.75, 3.05) is 0 Å². The first-order chi connectivity index (χ1) is 11.9. The second-order valence-electron chi connectivity index (χ2n) is 8.82. The number of aromatic nitrogens is 1. The number of rotatable bonds is 1. The quantitative estimate of drug-likeness (QED) is 0.518. The fourth-order valence-electron chi connectivity index (χ4n) is 5.28. The Morgan fingerprint density at radius 1 is 1.00 bits per heavy atom. The van der Waals surface area contributed by atoms with Crippen molar-refractivity contribution in [2.24, 2.45) is 11.3 Å². The summed E-state index contributed by atoms with van der Waals surface area (Å²) in [4.78, 5) is 4.78. The molecule has 3 aliphatic rings. The van der Waals surface area contributed by atoms with Gasteiger partial charge >= 0.3 is 0 Å². The molecular weight excluding hydrogens is 302 g/mol. The summed E-state index contributed by atoms with van der Waals surface area (Å²) in [7, 11) is 0. The first kappa shape index (κ1) is 15.1. The van der Waals surface area contributed by atoms with Gasteiger partial charge in [-0.15, -0.1) is 0 Å². The van der Waals surface area contributed by atoms with Crippen LogP contribution in [0.3, 0.4) is 0 Å². The van der Waals surface area contributed by atoms with Crippen LogP contribution in [0.1, 0.15) is 48.4 Å². The van der Waals surface area contributed by atoms with E-state index in [1.165, 1.54) is 40.3 Å². The lowest BCUT2D eigenvalue weighted by atomic mass is 9.47. The van der Waals surface area contributed by atoms with Crippen LogP contribution in [0.15, 0.2) is 42.6 Å². The van der Waals surface area contributed by atoms with Crippen LogP contribution in [0.25, 0.3) is 22.0 Å². The van der Waals surface area contributed by atoms with Gasteiger partial charge in [0.05, 0.1) is 5.69 Å². The highest BCUT2D eigenvalue weighted by Gasteiger charge is 2.52. The zero-order valence-corrected chi connectivity index (χ0v) is 15.6. The first-order valence-corrected chi connectivity index (χ1v) is 9.43. The van der Waals surface area contributed by atoms with Crippen LogP contribution in [0.2, 0.25) is 0 Å². The third-order valence-electron chi connectivity index (χ3n) is 6.83. The molecule has 1 heteroatoms. The third-order valence-corrected chi connectivity index (χ3v) is 6.83. The van der Waals surface area contributed by atoms with Crippen molar-refractivity contribution in [3.8, 4) is 11.3 Å². The molecule has 25 heavy (non-hydrogen) atoms. The monoisotopic (exact) mass is 327 g/mol. The summed E-state index contributed by atoms with van der Waals surface area (Å²) in [5.41, 5.74) is 8.59. The highest BCUT2D eigenvalue weighted by molar-refractivity contribution is 5.96. The molecule has 2 bridgehead atoms. The van der Waals surface area contributed by atoms with E-state index >= 15 is 0 Å². The molecule has 2 aromatic carbocycles. The van der Waals surface area contributed by atoms with E-state index in [2.05, 4.69) is 64.1 Å². The average Bonchev–Trinajstić information content (AvgIpc) is 2.57. The Hall–Kier alpha value is -2.15. The van der Waals surface area contributed by atoms with Crippen molar-refractivity contribution in [1.29, 1.82) is 0 Å². The average molecular weight is 327 g/mol. The Bertz CT molecular complexity index is 992. The van der Waals surface area contributed by atoms with Crippen molar-refractivity contribution >= 4 is 10.8 Å². The lowest BCUT2D eigenvalue weighted by Crippen LogP contribution is -2.48. The van der Waals surface area contributed by atoms with E-state index in [0.717, 1.165) is 17.5 Å². The molecule has 1 saturated carbocycles. The molecule has 2 atom stereocenters. The van der Waals surface area contributed by atoms with E-state index in [1.54, 1.807) is 11.1 Å². The number of hydrogen-bond donors (Lipinski definition) is 0. The normalized spacial score (nSPS) is 23.2. The van der Waals surface area contributed by atoms with Crippen molar-refractivity contribution < 1.29 is 0 Å². The molecule has 126 valence electrons. The van der Waals surface area contributed by atoms with Gasteiger partial charge in [-0.3, -0.25) is 4.98 Å². The maximum Gasteiger partial charge on any atom is 0.0780 e. The highest BCUT2D eigenvalue weighted by Crippen LogP contribution is 2.62. The Morgan fingerprint density at radius 3 is 2.48 bits per heavy atom. The summed E-state index contributed by atoms with van der Waals surface area (Å²) in [6.45, 7) is 9.24. The minimum atomic E-state index is 0.461. The SMILES string of the molecule is Cc1cc(C)cc(-c2nccc3cc4c(cc23)C2CC(C4)C2(C)C)c1. The standard InChI is InChI=1S/C24H25N/c1-14-7-15(2)9-18(8-14)23-21-13-20-17(10-16(21)5-6-25-23)11-19-12-22(20)24(19,3)4/h5-10,13,19,22H,11-12H2,1-4H3. The Balaban J connectivity index is 1.75. The van der Waals surface area contributed by atoms with Crippen molar-refractivity contribution in [1.82, 2.24) is 4.98 Å². The molecule has 0 N–H and O–H groups in total. The van der Waals surface area contributed by atoms with E-state index in [4.69, 9.17) is 4.98 Å². The Kier molecular flexibility index (Phi) is 2.99. The van der Waals surface area contributed by atoms with E-state index in [0.29, 0.717) is 5.41 Å². The molecule has 1 fully saturated rings. The zero-order chi connectivity index (χ0) is 17.3. The lowest BCUT2D eigenvalue weighted by molar-refractivity contribution is 0.0187. The number of aryl methyl sites for hydroxylation is 2. The Labute approximate surface area is 150 Å². The molecule has 0 aliphatic heterocycles. The summed E-state index contributed by atoms with van der Waals surface area (Å²) in [5, 5.41) is 2.65. The number of nitrogens with zero attached hydrogens (tertiary/aromatic N) is 1. The van der Waals surface area contributed by atoms with Gasteiger partial charge in [0.25, 0.3) is 0 Å². The summed E-state index contributed by atoms with van der Waals surface area (Å²) in [6.07, 6.45) is 4.58. The first-order valence-electron chi connectivity index (χ1n) is 9.43. The van der Waals surface area contributed by atoms with E-state index in [1.807, 2.05) is 6.20 Å². The number of hydrogen-bond acceptors (Lipinski definition) is 1. The molecule has 0 saturated heterocycles. The molecule has 0 spiro atoms. The van der Waals surface area contributed by atoms with Crippen LogP contribution < -0.4 is 0 Å². The lowest BCUT2D eigenvalue weighted by Gasteiger charge is -2.57. The van der Waals surface area contributed by atoms with Gasteiger partial charge in [0.15, 0.2) is 0 Å². The molecule has 3 aromatic rings. The van der Waals surface area contributed by atoms with Crippen molar-refractivity contribution in [3.63, 3.8) is 0 Å². The molecule has 6 rings (SSSR count). The van der Waals surface area contributed by atoms with Gasteiger partial charge in [0.1, 0.15) is 0 Å². The summed E-state index contributed by atoms with van der Waals surface area (Å²) >= 11 is 0. The smallest absolute Gasteiger partial charge is 0.0780 e. The predicted molar refractivity (Wildman–Crippen MR) is 105 cm³/mol. The van der Waals surface area contributed by atoms with Gasteiger partial charge in [-0.05, 0) is 84.7 Å². The van der Waals surface area contributed by atoms with Crippen LogP contribution in [0.5, 0.6) is 0 Å². The van der Waals surface area contributed by atoms with Gasteiger partial charge < -0.3 is 0 Å². The number of benzene rings is 2. The van der Waals surface area contributed by atoms with Gasteiger partial charge in [0.2, 0.25) is 0 Å².